The van der Waals surface area contributed by atoms with Crippen LogP contribution in [0.5, 0.6) is 0 Å². The summed E-state index contributed by atoms with van der Waals surface area (Å²) < 4.78 is 12.1. The lowest BCUT2D eigenvalue weighted by Crippen LogP contribution is -2.28. The van der Waals surface area contributed by atoms with Gasteiger partial charge in [0.25, 0.3) is 0 Å². The van der Waals surface area contributed by atoms with Crippen molar-refractivity contribution >= 4 is 68.6 Å². The zero-order chi connectivity index (χ0) is 44.7. The predicted molar refractivity (Wildman–Crippen MR) is 250 cm³/mol. The van der Waals surface area contributed by atoms with Gasteiger partial charge in [-0.2, -0.15) is 0 Å². The number of ether oxygens (including phenoxy) is 2. The van der Waals surface area contributed by atoms with Gasteiger partial charge in [-0.15, -0.1) is 0 Å². The van der Waals surface area contributed by atoms with Gasteiger partial charge in [0, 0.05) is 44.0 Å². The lowest BCUT2D eigenvalue weighted by Gasteiger charge is -2.28. The van der Waals surface area contributed by atoms with Gasteiger partial charge in [-0.1, -0.05) is 47.5 Å². The normalized spacial score (nSPS) is 15.1. The minimum absolute atomic E-state index is 0.498. The molecule has 2 heterocycles. The highest BCUT2D eigenvalue weighted by Gasteiger charge is 2.34. The highest BCUT2D eigenvalue weighted by molar-refractivity contribution is 6.31. The summed E-state index contributed by atoms with van der Waals surface area (Å²) in [5.74, 6) is -0.366. The second-order valence-electron chi connectivity index (χ2n) is 18.2. The van der Waals surface area contributed by atoms with Gasteiger partial charge in [0.05, 0.1) is 22.2 Å². The molecule has 0 aliphatic heterocycles. The van der Waals surface area contributed by atoms with E-state index in [0.717, 1.165) is 92.5 Å². The number of carboxylic acid groups (broad SMARTS) is 2. The summed E-state index contributed by atoms with van der Waals surface area (Å²) in [4.78, 5) is 34.3. The molecule has 2 saturated carbocycles. The SMILES string of the molecule is Cc1cc2nc(NC3CC3)ccc2c(-c2ccc(Cl)cc2)c1[C@H](OC(C)(C)C)C(=O)O.Cc1cc2nc(NC3CC3)ccc2c(-c2ccc(Cl)cc2)c1[C@H](OC(C)(C)C)C(=O)O. The number of aryl methyl sites for hydroxylation is 2. The quantitative estimate of drug-likeness (QED) is 0.0938. The van der Waals surface area contributed by atoms with Crippen molar-refractivity contribution < 1.29 is 29.3 Å². The minimum atomic E-state index is -1.11. The first-order chi connectivity index (χ1) is 29.2. The van der Waals surface area contributed by atoms with E-state index < -0.39 is 35.3 Å². The number of aliphatic carboxylic acids is 2. The molecule has 0 spiro atoms. The number of rotatable bonds is 12. The number of pyridine rings is 2. The Balaban J connectivity index is 0.000000186. The Morgan fingerprint density at radius 1 is 0.597 bits per heavy atom. The van der Waals surface area contributed by atoms with Gasteiger partial charge in [0.2, 0.25) is 0 Å². The van der Waals surface area contributed by atoms with Crippen molar-refractivity contribution in [3.8, 4) is 22.3 Å². The van der Waals surface area contributed by atoms with Crippen LogP contribution in [0, 0.1) is 13.8 Å². The Bertz CT molecular complexity index is 2450. The molecule has 0 bridgehead atoms. The zero-order valence-corrected chi connectivity index (χ0v) is 37.9. The molecule has 0 radical (unpaired) electrons. The van der Waals surface area contributed by atoms with E-state index >= 15 is 0 Å². The Hall–Kier alpha value is -5.26. The van der Waals surface area contributed by atoms with Crippen LogP contribution in [-0.2, 0) is 19.1 Å². The number of benzene rings is 4. The summed E-state index contributed by atoms with van der Waals surface area (Å²) in [5.41, 5.74) is 6.69. The molecule has 12 heteroatoms. The van der Waals surface area contributed by atoms with Crippen LogP contribution in [0.4, 0.5) is 11.6 Å². The maximum Gasteiger partial charge on any atom is 0.337 e. The van der Waals surface area contributed by atoms with Crippen LogP contribution < -0.4 is 10.6 Å². The molecule has 2 aliphatic carbocycles. The van der Waals surface area contributed by atoms with E-state index in [-0.39, 0.29) is 0 Å². The fourth-order valence-corrected chi connectivity index (χ4v) is 7.83. The molecule has 2 atom stereocenters. The number of anilines is 2. The number of nitrogens with zero attached hydrogens (tertiary/aromatic N) is 2. The molecule has 2 aliphatic rings. The summed E-state index contributed by atoms with van der Waals surface area (Å²) in [6.45, 7) is 15.0. The summed E-state index contributed by atoms with van der Waals surface area (Å²) in [7, 11) is 0. The van der Waals surface area contributed by atoms with E-state index in [1.165, 1.54) is 0 Å². The lowest BCUT2D eigenvalue weighted by molar-refractivity contribution is -0.161. The maximum absolute atomic E-state index is 12.3. The minimum Gasteiger partial charge on any atom is -0.479 e. The monoisotopic (exact) mass is 876 g/mol. The zero-order valence-electron chi connectivity index (χ0n) is 36.4. The van der Waals surface area contributed by atoms with Crippen LogP contribution in [-0.4, -0.2) is 55.4 Å². The lowest BCUT2D eigenvalue weighted by atomic mass is 9.88. The number of fused-ring (bicyclic) bond motifs is 2. The largest absolute Gasteiger partial charge is 0.479 e. The van der Waals surface area contributed by atoms with Crippen molar-refractivity contribution in [1.29, 1.82) is 0 Å². The van der Waals surface area contributed by atoms with Crippen molar-refractivity contribution in [2.75, 3.05) is 10.6 Å². The molecule has 10 nitrogen and oxygen atoms in total. The topological polar surface area (TPSA) is 143 Å². The Morgan fingerprint density at radius 2 is 0.935 bits per heavy atom. The van der Waals surface area contributed by atoms with Crippen LogP contribution >= 0.6 is 23.2 Å². The molecule has 0 saturated heterocycles. The van der Waals surface area contributed by atoms with E-state index in [9.17, 15) is 19.8 Å². The maximum atomic E-state index is 12.3. The molecule has 4 aromatic carbocycles. The van der Waals surface area contributed by atoms with Crippen LogP contribution in [0.15, 0.2) is 84.9 Å². The van der Waals surface area contributed by atoms with Crippen molar-refractivity contribution in [3.05, 3.63) is 117 Å². The van der Waals surface area contributed by atoms with Gasteiger partial charge in [-0.3, -0.25) is 0 Å². The van der Waals surface area contributed by atoms with Crippen LogP contribution in [0.3, 0.4) is 0 Å². The van der Waals surface area contributed by atoms with Gasteiger partial charge in [0.15, 0.2) is 12.2 Å². The Morgan fingerprint density at radius 3 is 1.23 bits per heavy atom. The summed E-state index contributed by atoms with van der Waals surface area (Å²) >= 11 is 12.2. The first kappa shape index (κ1) is 44.8. The third-order valence-corrected chi connectivity index (χ3v) is 11.0. The van der Waals surface area contributed by atoms with Gasteiger partial charge in [0.1, 0.15) is 11.6 Å². The smallest absolute Gasteiger partial charge is 0.337 e. The summed E-state index contributed by atoms with van der Waals surface area (Å²) in [6.07, 6.45) is 2.44. The molecule has 6 aromatic rings. The summed E-state index contributed by atoms with van der Waals surface area (Å²) in [5, 5.41) is 30.0. The number of hydrogen-bond donors (Lipinski definition) is 4. The molecule has 324 valence electrons. The first-order valence-electron chi connectivity index (χ1n) is 21.0. The molecule has 2 aromatic heterocycles. The summed E-state index contributed by atoms with van der Waals surface area (Å²) in [6, 6.07) is 27.7. The van der Waals surface area contributed by atoms with Gasteiger partial charge >= 0.3 is 11.9 Å². The second-order valence-corrected chi connectivity index (χ2v) is 19.1. The Kier molecular flexibility index (Phi) is 12.9. The number of carboxylic acids is 2. The van der Waals surface area contributed by atoms with E-state index in [1.54, 1.807) is 0 Å². The molecular formula is C50H54Cl2N4O6. The third kappa shape index (κ3) is 10.8. The first-order valence-corrected chi connectivity index (χ1v) is 21.7. The number of hydrogen-bond acceptors (Lipinski definition) is 8. The highest BCUT2D eigenvalue weighted by Crippen LogP contribution is 2.43. The van der Waals surface area contributed by atoms with E-state index in [1.807, 2.05) is 140 Å². The van der Waals surface area contributed by atoms with Gasteiger partial charge in [-0.25, -0.2) is 19.6 Å². The van der Waals surface area contributed by atoms with Gasteiger partial charge in [-0.05, 0) is 175 Å². The van der Waals surface area contributed by atoms with Crippen LogP contribution in [0.25, 0.3) is 44.1 Å². The molecular weight excluding hydrogens is 823 g/mol. The molecule has 8 rings (SSSR count). The second kappa shape index (κ2) is 17.8. The van der Waals surface area contributed by atoms with E-state index in [4.69, 9.17) is 42.6 Å². The predicted octanol–water partition coefficient (Wildman–Crippen LogP) is 12.8. The van der Waals surface area contributed by atoms with Crippen LogP contribution in [0.2, 0.25) is 10.0 Å². The fourth-order valence-electron chi connectivity index (χ4n) is 7.58. The Labute approximate surface area is 373 Å². The molecule has 4 N–H and O–H groups in total. The van der Waals surface area contributed by atoms with Crippen LogP contribution in [0.1, 0.15) is 102 Å². The number of halogens is 2. The van der Waals surface area contributed by atoms with Crippen molar-refractivity contribution in [2.24, 2.45) is 0 Å². The van der Waals surface area contributed by atoms with Gasteiger partial charge < -0.3 is 30.3 Å². The number of aromatic nitrogens is 2. The molecule has 0 unspecified atom stereocenters. The van der Waals surface area contributed by atoms with E-state index in [2.05, 4.69) is 10.6 Å². The third-order valence-electron chi connectivity index (χ3n) is 10.5. The van der Waals surface area contributed by atoms with Crippen molar-refractivity contribution in [3.63, 3.8) is 0 Å². The molecule has 0 amide bonds. The average molecular weight is 878 g/mol. The fraction of sp³-hybridized carbons (Fsp3) is 0.360. The van der Waals surface area contributed by atoms with Crippen molar-refractivity contribution in [2.45, 2.75) is 117 Å². The van der Waals surface area contributed by atoms with E-state index in [0.29, 0.717) is 33.3 Å². The number of nitrogens with one attached hydrogen (secondary N) is 2. The highest BCUT2D eigenvalue weighted by atomic mass is 35.5. The number of carbonyl (C=O) groups is 2. The molecule has 62 heavy (non-hydrogen) atoms. The standard InChI is InChI=1S/2C25H27ClN2O3/c2*1-14-13-19-18(11-12-20(28-19)27-17-9-10-17)22(15-5-7-16(26)8-6-15)21(14)23(24(29)30)31-25(2,3)4/h2*5-8,11-13,17,23H,9-10H2,1-4H3,(H,27,28)(H,29,30)/t2*23-/m00/s1. The average Bonchev–Trinajstić information content (AvgIpc) is 4.14. The molecule has 2 fully saturated rings. The van der Waals surface area contributed by atoms with Crippen molar-refractivity contribution in [1.82, 2.24) is 9.97 Å².